The fraction of sp³-hybridized carbons (Fsp3) is 0.857. The number of carbonyl (C=O) groups excluding carboxylic acids is 2. The van der Waals surface area contributed by atoms with Crippen LogP contribution in [-0.2, 0) is 23.7 Å². The van der Waals surface area contributed by atoms with Crippen molar-refractivity contribution in [3.63, 3.8) is 0 Å². The standard InChI is InChI=1S/C14H25NO9/c1-14(2,3)24-13(20)15-5-8(16)22-6-7-9(17)10(18)11(19)12(21-4)23-7/h7,9-12,17-19H,5-6H2,1-4H3,(H,15,20)/t7-,9-,10+,11-,12-/m0/s1. The Kier molecular flexibility index (Phi) is 7.36. The van der Waals surface area contributed by atoms with Crippen LogP contribution in [0.1, 0.15) is 20.8 Å². The summed E-state index contributed by atoms with van der Waals surface area (Å²) in [4.78, 5) is 23.0. The van der Waals surface area contributed by atoms with Gasteiger partial charge < -0.3 is 39.6 Å². The van der Waals surface area contributed by atoms with Gasteiger partial charge in [0.25, 0.3) is 0 Å². The molecule has 10 heteroatoms. The van der Waals surface area contributed by atoms with Crippen LogP contribution in [0.2, 0.25) is 0 Å². The lowest BCUT2D eigenvalue weighted by Crippen LogP contribution is -2.59. The Bertz CT molecular complexity index is 434. The van der Waals surface area contributed by atoms with Crippen LogP contribution in [0.5, 0.6) is 0 Å². The largest absolute Gasteiger partial charge is 0.461 e. The fourth-order valence-corrected chi connectivity index (χ4v) is 1.93. The molecule has 0 saturated carbocycles. The maximum Gasteiger partial charge on any atom is 0.408 e. The van der Waals surface area contributed by atoms with Crippen molar-refractivity contribution in [3.8, 4) is 0 Å². The molecule has 0 unspecified atom stereocenters. The Balaban J connectivity index is 2.39. The number of methoxy groups -OCH3 is 1. The number of rotatable bonds is 5. The molecule has 1 heterocycles. The monoisotopic (exact) mass is 351 g/mol. The maximum absolute atomic E-state index is 11.6. The van der Waals surface area contributed by atoms with Gasteiger partial charge in [-0.25, -0.2) is 4.79 Å². The molecule has 1 aliphatic rings. The summed E-state index contributed by atoms with van der Waals surface area (Å²) >= 11 is 0. The number of amides is 1. The first kappa shape index (κ1) is 20.6. The van der Waals surface area contributed by atoms with Crippen molar-refractivity contribution in [2.75, 3.05) is 20.3 Å². The van der Waals surface area contributed by atoms with Gasteiger partial charge in [0, 0.05) is 7.11 Å². The summed E-state index contributed by atoms with van der Waals surface area (Å²) < 4.78 is 19.8. The first-order valence-electron chi connectivity index (χ1n) is 7.40. The highest BCUT2D eigenvalue weighted by Crippen LogP contribution is 2.21. The lowest BCUT2D eigenvalue weighted by atomic mass is 9.99. The number of aliphatic hydroxyl groups excluding tert-OH is 3. The molecule has 5 atom stereocenters. The van der Waals surface area contributed by atoms with Crippen molar-refractivity contribution in [2.45, 2.75) is 57.1 Å². The molecule has 0 aromatic heterocycles. The molecule has 4 N–H and O–H groups in total. The molecule has 0 aliphatic carbocycles. The molecule has 0 radical (unpaired) electrons. The molecule has 140 valence electrons. The molecule has 10 nitrogen and oxygen atoms in total. The molecule has 0 aromatic carbocycles. The van der Waals surface area contributed by atoms with Gasteiger partial charge in [-0.1, -0.05) is 0 Å². The SMILES string of the molecule is CO[C@H]1O[C@@H](COC(=O)CNC(=O)OC(C)(C)C)[C@H](O)[C@@H](O)[C@@H]1O. The van der Waals surface area contributed by atoms with E-state index in [-0.39, 0.29) is 6.61 Å². The maximum atomic E-state index is 11.6. The van der Waals surface area contributed by atoms with Crippen LogP contribution in [0, 0.1) is 0 Å². The minimum Gasteiger partial charge on any atom is -0.461 e. The second-order valence-corrected chi connectivity index (χ2v) is 6.29. The third-order valence-corrected chi connectivity index (χ3v) is 3.09. The van der Waals surface area contributed by atoms with E-state index < -0.39 is 54.9 Å². The van der Waals surface area contributed by atoms with Crippen LogP contribution < -0.4 is 5.32 Å². The van der Waals surface area contributed by atoms with Gasteiger partial charge in [0.05, 0.1) is 0 Å². The molecule has 0 bridgehead atoms. The van der Waals surface area contributed by atoms with Gasteiger partial charge in [-0.2, -0.15) is 0 Å². The second-order valence-electron chi connectivity index (χ2n) is 6.29. The lowest BCUT2D eigenvalue weighted by Gasteiger charge is -2.39. The highest BCUT2D eigenvalue weighted by atomic mass is 16.7. The van der Waals surface area contributed by atoms with Gasteiger partial charge in [-0.3, -0.25) is 4.79 Å². The molecular weight excluding hydrogens is 326 g/mol. The summed E-state index contributed by atoms with van der Waals surface area (Å²) in [5, 5.41) is 31.3. The Labute approximate surface area is 139 Å². The molecule has 1 rings (SSSR count). The summed E-state index contributed by atoms with van der Waals surface area (Å²) in [5.41, 5.74) is -0.694. The van der Waals surface area contributed by atoms with E-state index in [1.165, 1.54) is 7.11 Å². The van der Waals surface area contributed by atoms with E-state index in [0.717, 1.165) is 0 Å². The molecule has 1 fully saturated rings. The third-order valence-electron chi connectivity index (χ3n) is 3.09. The van der Waals surface area contributed by atoms with E-state index >= 15 is 0 Å². The second kappa shape index (κ2) is 8.58. The summed E-state index contributed by atoms with van der Waals surface area (Å²) in [6.07, 6.45) is -7.41. The Morgan fingerprint density at radius 3 is 2.29 bits per heavy atom. The van der Waals surface area contributed by atoms with Gasteiger partial charge >= 0.3 is 12.1 Å². The van der Waals surface area contributed by atoms with Crippen LogP contribution >= 0.6 is 0 Å². The van der Waals surface area contributed by atoms with E-state index in [4.69, 9.17) is 18.9 Å². The number of esters is 1. The summed E-state index contributed by atoms with van der Waals surface area (Å²) in [5.74, 6) is -0.786. The van der Waals surface area contributed by atoms with Crippen LogP contribution in [-0.4, -0.2) is 84.0 Å². The Hall–Kier alpha value is -1.46. The predicted octanol–water partition coefficient (Wildman–Crippen LogP) is -1.49. The molecule has 0 aromatic rings. The first-order chi connectivity index (χ1) is 11.0. The average Bonchev–Trinajstić information content (AvgIpc) is 2.48. The Morgan fingerprint density at radius 2 is 1.75 bits per heavy atom. The van der Waals surface area contributed by atoms with Crippen LogP contribution in [0.3, 0.4) is 0 Å². The Morgan fingerprint density at radius 1 is 1.12 bits per heavy atom. The molecule has 1 amide bonds. The normalized spacial score (nSPS) is 30.5. The zero-order valence-electron chi connectivity index (χ0n) is 14.1. The van der Waals surface area contributed by atoms with Crippen molar-refractivity contribution in [3.05, 3.63) is 0 Å². The van der Waals surface area contributed by atoms with Crippen LogP contribution in [0.15, 0.2) is 0 Å². The van der Waals surface area contributed by atoms with E-state index in [0.29, 0.717) is 0 Å². The lowest BCUT2D eigenvalue weighted by molar-refractivity contribution is -0.295. The first-order valence-corrected chi connectivity index (χ1v) is 7.40. The zero-order valence-corrected chi connectivity index (χ0v) is 14.1. The number of alkyl carbamates (subject to hydrolysis) is 1. The number of hydrogen-bond donors (Lipinski definition) is 4. The predicted molar refractivity (Wildman–Crippen MR) is 78.9 cm³/mol. The van der Waals surface area contributed by atoms with Crippen molar-refractivity contribution in [1.82, 2.24) is 5.32 Å². The number of carbonyl (C=O) groups is 2. The molecule has 0 spiro atoms. The van der Waals surface area contributed by atoms with Gasteiger partial charge in [0.15, 0.2) is 6.29 Å². The zero-order chi connectivity index (χ0) is 18.5. The average molecular weight is 351 g/mol. The number of ether oxygens (including phenoxy) is 4. The van der Waals surface area contributed by atoms with E-state index in [1.807, 2.05) is 0 Å². The highest BCUT2D eigenvalue weighted by Gasteiger charge is 2.44. The summed E-state index contributed by atoms with van der Waals surface area (Å²) in [6, 6.07) is 0. The topological polar surface area (TPSA) is 144 Å². The number of hydrogen-bond acceptors (Lipinski definition) is 9. The highest BCUT2D eigenvalue weighted by molar-refractivity contribution is 5.78. The van der Waals surface area contributed by atoms with Crippen LogP contribution in [0.25, 0.3) is 0 Å². The minimum atomic E-state index is -1.51. The van der Waals surface area contributed by atoms with Crippen molar-refractivity contribution >= 4 is 12.1 Å². The van der Waals surface area contributed by atoms with Gasteiger partial charge in [-0.05, 0) is 20.8 Å². The van der Waals surface area contributed by atoms with E-state index in [2.05, 4.69) is 5.32 Å². The van der Waals surface area contributed by atoms with E-state index in [1.54, 1.807) is 20.8 Å². The minimum absolute atomic E-state index is 0.389. The quantitative estimate of drug-likeness (QED) is 0.435. The van der Waals surface area contributed by atoms with Crippen molar-refractivity contribution in [2.24, 2.45) is 0 Å². The molecule has 1 aliphatic heterocycles. The van der Waals surface area contributed by atoms with Crippen LogP contribution in [0.4, 0.5) is 4.79 Å². The number of aliphatic hydroxyl groups is 3. The van der Waals surface area contributed by atoms with Crippen molar-refractivity contribution < 1.29 is 43.9 Å². The van der Waals surface area contributed by atoms with Crippen molar-refractivity contribution in [1.29, 1.82) is 0 Å². The summed E-state index contributed by atoms with van der Waals surface area (Å²) in [7, 11) is 1.26. The van der Waals surface area contributed by atoms with Gasteiger partial charge in [-0.15, -0.1) is 0 Å². The molecule has 1 saturated heterocycles. The number of nitrogens with one attached hydrogen (secondary N) is 1. The molecule has 24 heavy (non-hydrogen) atoms. The van der Waals surface area contributed by atoms with E-state index in [9.17, 15) is 24.9 Å². The molecular formula is C14H25NO9. The fourth-order valence-electron chi connectivity index (χ4n) is 1.93. The third kappa shape index (κ3) is 6.21. The van der Waals surface area contributed by atoms with Gasteiger partial charge in [0.1, 0.15) is 43.2 Å². The smallest absolute Gasteiger partial charge is 0.408 e. The summed E-state index contributed by atoms with van der Waals surface area (Å²) in [6.45, 7) is 4.21. The van der Waals surface area contributed by atoms with Gasteiger partial charge in [0.2, 0.25) is 0 Å².